The lowest BCUT2D eigenvalue weighted by Crippen LogP contribution is -2.38. The predicted octanol–water partition coefficient (Wildman–Crippen LogP) is 2.36. The number of nitrogens with one attached hydrogen (secondary N) is 1. The van der Waals surface area contributed by atoms with E-state index in [9.17, 15) is 4.79 Å². The van der Waals surface area contributed by atoms with Gasteiger partial charge in [-0.05, 0) is 18.4 Å². The van der Waals surface area contributed by atoms with Gasteiger partial charge in [0.1, 0.15) is 0 Å². The molecule has 4 nitrogen and oxygen atoms in total. The molecule has 2 N–H and O–H groups in total. The zero-order valence-corrected chi connectivity index (χ0v) is 11.0. The van der Waals surface area contributed by atoms with Gasteiger partial charge in [-0.1, -0.05) is 32.0 Å². The van der Waals surface area contributed by atoms with Gasteiger partial charge >= 0.3 is 6.03 Å². The Balaban J connectivity index is 2.53. The first kappa shape index (κ1) is 14.5. The minimum atomic E-state index is -0.188. The highest BCUT2D eigenvalue weighted by Crippen LogP contribution is 2.07. The van der Waals surface area contributed by atoms with E-state index in [0.717, 1.165) is 6.42 Å². The normalized spacial score (nSPS) is 10.4. The highest BCUT2D eigenvalue weighted by Gasteiger charge is 2.13. The van der Waals surface area contributed by atoms with Crippen molar-refractivity contribution in [2.24, 2.45) is 5.92 Å². The lowest BCUT2D eigenvalue weighted by Gasteiger charge is -2.23. The number of aliphatic hydroxyl groups excluding tert-OH is 1. The Bertz CT molecular complexity index is 352. The van der Waals surface area contributed by atoms with E-state index >= 15 is 0 Å². The number of nitrogens with zero attached hydrogens (tertiary/aromatic N) is 1. The van der Waals surface area contributed by atoms with Gasteiger partial charge in [-0.2, -0.15) is 0 Å². The molecule has 0 aliphatic heterocycles. The Labute approximate surface area is 109 Å². The molecule has 1 aromatic carbocycles. The Morgan fingerprint density at radius 2 is 2.22 bits per heavy atom. The molecule has 0 atom stereocenters. The predicted molar refractivity (Wildman–Crippen MR) is 72.4 cm³/mol. The molecule has 0 saturated heterocycles. The van der Waals surface area contributed by atoms with Crippen LogP contribution in [0.5, 0.6) is 0 Å². The van der Waals surface area contributed by atoms with Crippen LogP contribution in [0.4, 0.5) is 10.5 Å². The molecule has 0 aliphatic rings. The number of carbonyl (C=O) groups excluding carboxylic acids is 1. The number of para-hydroxylation sites is 1. The molecule has 1 rings (SSSR count). The zero-order valence-electron chi connectivity index (χ0n) is 11.0. The van der Waals surface area contributed by atoms with Gasteiger partial charge in [0.05, 0.1) is 12.3 Å². The van der Waals surface area contributed by atoms with E-state index in [0.29, 0.717) is 24.7 Å². The van der Waals surface area contributed by atoms with Crippen LogP contribution in [0, 0.1) is 12.0 Å². The Kier molecular flexibility index (Phi) is 6.22. The lowest BCUT2D eigenvalue weighted by atomic mass is 10.1. The van der Waals surface area contributed by atoms with Crippen LogP contribution < -0.4 is 5.32 Å². The first-order valence-electron chi connectivity index (χ1n) is 6.27. The van der Waals surface area contributed by atoms with Crippen molar-refractivity contribution in [2.75, 3.05) is 25.0 Å². The van der Waals surface area contributed by atoms with Crippen molar-refractivity contribution >= 4 is 11.7 Å². The number of carbonyl (C=O) groups is 1. The molecule has 0 aliphatic carbocycles. The molecule has 2 amide bonds. The molecular weight excluding hydrogens is 228 g/mol. The summed E-state index contributed by atoms with van der Waals surface area (Å²) in [6.07, 6.45) is 0.923. The molecule has 0 bridgehead atoms. The number of amides is 2. The summed E-state index contributed by atoms with van der Waals surface area (Å²) in [4.78, 5) is 13.6. The average molecular weight is 249 g/mol. The number of rotatable bonds is 6. The van der Waals surface area contributed by atoms with Crippen molar-refractivity contribution in [3.05, 3.63) is 30.3 Å². The summed E-state index contributed by atoms with van der Waals surface area (Å²) >= 11 is 0. The van der Waals surface area contributed by atoms with Crippen molar-refractivity contribution in [3.63, 3.8) is 0 Å². The number of anilines is 1. The van der Waals surface area contributed by atoms with E-state index in [2.05, 4.69) is 25.2 Å². The van der Waals surface area contributed by atoms with E-state index in [1.165, 1.54) is 0 Å². The molecule has 99 valence electrons. The molecule has 0 spiro atoms. The summed E-state index contributed by atoms with van der Waals surface area (Å²) in [6, 6.07) is 9.98. The van der Waals surface area contributed by atoms with Gasteiger partial charge in [-0.3, -0.25) is 0 Å². The minimum Gasteiger partial charge on any atom is -0.395 e. The summed E-state index contributed by atoms with van der Waals surface area (Å²) in [5, 5.41) is 11.8. The molecule has 0 fully saturated rings. The molecule has 0 saturated carbocycles. The summed E-state index contributed by atoms with van der Waals surface area (Å²) in [7, 11) is 0. The molecule has 1 radical (unpaired) electrons. The third-order valence-corrected chi connectivity index (χ3v) is 2.58. The highest BCUT2D eigenvalue weighted by atomic mass is 16.3. The van der Waals surface area contributed by atoms with Crippen molar-refractivity contribution in [3.8, 4) is 0 Å². The van der Waals surface area contributed by atoms with Crippen LogP contribution in [0.1, 0.15) is 20.3 Å². The van der Waals surface area contributed by atoms with Crippen LogP contribution in [0.25, 0.3) is 0 Å². The van der Waals surface area contributed by atoms with E-state index in [4.69, 9.17) is 5.11 Å². The van der Waals surface area contributed by atoms with E-state index in [-0.39, 0.29) is 12.6 Å². The maximum atomic E-state index is 12.0. The summed E-state index contributed by atoms with van der Waals surface area (Å²) in [5.74, 6) is 0.530. The monoisotopic (exact) mass is 249 g/mol. The van der Waals surface area contributed by atoms with Crippen LogP contribution in [0.15, 0.2) is 24.3 Å². The third kappa shape index (κ3) is 5.19. The molecular formula is C14H21N2O2. The van der Waals surface area contributed by atoms with Crippen LogP contribution in [-0.4, -0.2) is 35.7 Å². The van der Waals surface area contributed by atoms with Crippen molar-refractivity contribution in [1.29, 1.82) is 0 Å². The number of benzene rings is 1. The molecule has 0 heterocycles. The second kappa shape index (κ2) is 7.71. The summed E-state index contributed by atoms with van der Waals surface area (Å²) in [5.41, 5.74) is 0.648. The standard InChI is InChI=1S/C14H21N2O2/c1-12(2)8-9-16(10-11-17)14(18)15-13-6-4-3-5-7-13/h3-6,12,17H,8-11H2,1-2H3,(H,15,18). The minimum absolute atomic E-state index is 0.0238. The molecule has 0 aromatic heterocycles. The second-order valence-electron chi connectivity index (χ2n) is 4.60. The Hall–Kier alpha value is -1.55. The number of hydrogen-bond donors (Lipinski definition) is 2. The molecule has 1 aromatic rings. The van der Waals surface area contributed by atoms with Gasteiger partial charge in [0.2, 0.25) is 0 Å². The van der Waals surface area contributed by atoms with Crippen molar-refractivity contribution < 1.29 is 9.90 Å². The Morgan fingerprint density at radius 1 is 1.44 bits per heavy atom. The topological polar surface area (TPSA) is 52.6 Å². The lowest BCUT2D eigenvalue weighted by molar-refractivity contribution is 0.185. The van der Waals surface area contributed by atoms with Crippen molar-refractivity contribution in [2.45, 2.75) is 20.3 Å². The number of urea groups is 1. The quantitative estimate of drug-likeness (QED) is 0.813. The average Bonchev–Trinajstić information content (AvgIpc) is 2.35. The first-order chi connectivity index (χ1) is 8.63. The summed E-state index contributed by atoms with van der Waals surface area (Å²) in [6.45, 7) is 5.20. The third-order valence-electron chi connectivity index (χ3n) is 2.58. The number of hydrogen-bond acceptors (Lipinski definition) is 2. The van der Waals surface area contributed by atoms with Crippen LogP contribution in [0.3, 0.4) is 0 Å². The fourth-order valence-corrected chi connectivity index (χ4v) is 1.51. The largest absolute Gasteiger partial charge is 0.395 e. The SMILES string of the molecule is CC(C)CCN(CCO)C(=O)Nc1[c]cccc1. The van der Waals surface area contributed by atoms with Crippen molar-refractivity contribution in [1.82, 2.24) is 4.90 Å². The highest BCUT2D eigenvalue weighted by molar-refractivity contribution is 5.89. The number of aliphatic hydroxyl groups is 1. The molecule has 18 heavy (non-hydrogen) atoms. The van der Waals surface area contributed by atoms with Crippen LogP contribution in [0.2, 0.25) is 0 Å². The van der Waals surface area contributed by atoms with Gasteiger partial charge in [-0.25, -0.2) is 4.79 Å². The van der Waals surface area contributed by atoms with Gasteiger partial charge in [0.25, 0.3) is 0 Å². The van der Waals surface area contributed by atoms with E-state index < -0.39 is 0 Å². The van der Waals surface area contributed by atoms with E-state index in [1.807, 2.05) is 12.1 Å². The maximum absolute atomic E-state index is 12.0. The first-order valence-corrected chi connectivity index (χ1v) is 6.27. The van der Waals surface area contributed by atoms with E-state index in [1.54, 1.807) is 17.0 Å². The fourth-order valence-electron chi connectivity index (χ4n) is 1.51. The smallest absolute Gasteiger partial charge is 0.321 e. The Morgan fingerprint density at radius 3 is 2.78 bits per heavy atom. The molecule has 0 unspecified atom stereocenters. The second-order valence-corrected chi connectivity index (χ2v) is 4.60. The summed E-state index contributed by atoms with van der Waals surface area (Å²) < 4.78 is 0. The van der Waals surface area contributed by atoms with Gasteiger partial charge in [-0.15, -0.1) is 0 Å². The van der Waals surface area contributed by atoms with Gasteiger partial charge in [0, 0.05) is 19.2 Å². The van der Waals surface area contributed by atoms with Crippen LogP contribution in [-0.2, 0) is 0 Å². The maximum Gasteiger partial charge on any atom is 0.321 e. The van der Waals surface area contributed by atoms with Gasteiger partial charge in [0.15, 0.2) is 0 Å². The molecule has 4 heteroatoms. The van der Waals surface area contributed by atoms with Crippen LogP contribution >= 0.6 is 0 Å². The fraction of sp³-hybridized carbons (Fsp3) is 0.500. The van der Waals surface area contributed by atoms with Gasteiger partial charge < -0.3 is 15.3 Å². The zero-order chi connectivity index (χ0) is 13.4.